The van der Waals surface area contributed by atoms with Crippen molar-refractivity contribution in [2.45, 2.75) is 31.3 Å². The highest BCUT2D eigenvalue weighted by molar-refractivity contribution is 9.10. The Bertz CT molecular complexity index is 563. The maximum absolute atomic E-state index is 12.0. The summed E-state index contributed by atoms with van der Waals surface area (Å²) in [4.78, 5) is 25.7. The molecule has 3 rings (SSSR count). The molecular formula is C12H14BrN3O2. The maximum Gasteiger partial charge on any atom is 0.252 e. The molecule has 1 heterocycles. The number of amides is 1. The molecule has 1 unspecified atom stereocenters. The van der Waals surface area contributed by atoms with Gasteiger partial charge in [0.05, 0.1) is 5.56 Å². The van der Waals surface area contributed by atoms with Crippen LogP contribution in [0.3, 0.4) is 0 Å². The predicted molar refractivity (Wildman–Crippen MR) is 70.3 cm³/mol. The van der Waals surface area contributed by atoms with Crippen molar-refractivity contribution in [1.29, 1.82) is 0 Å². The highest BCUT2D eigenvalue weighted by Crippen LogP contribution is 2.59. The Morgan fingerprint density at radius 2 is 2.17 bits per heavy atom. The molecule has 0 saturated heterocycles. The predicted octanol–water partition coefficient (Wildman–Crippen LogP) is 0.747. The molecule has 1 atom stereocenters. The van der Waals surface area contributed by atoms with Crippen molar-refractivity contribution in [3.05, 3.63) is 32.7 Å². The lowest BCUT2D eigenvalue weighted by atomic mass is 9.76. The minimum absolute atomic E-state index is 0.192. The van der Waals surface area contributed by atoms with Gasteiger partial charge in [0.15, 0.2) is 0 Å². The standard InChI is InChI=1S/C12H14BrN3O2/c13-8-5-15-10(17)1-7(8)11(18)16-6-2-12(3-6)4-9(12)14/h1,5-6,9H,2-4,14H2,(H,15,17)(H,16,18). The van der Waals surface area contributed by atoms with Gasteiger partial charge in [-0.15, -0.1) is 0 Å². The van der Waals surface area contributed by atoms with E-state index in [0.29, 0.717) is 21.5 Å². The van der Waals surface area contributed by atoms with Crippen molar-refractivity contribution < 1.29 is 4.79 Å². The minimum atomic E-state index is -0.280. The van der Waals surface area contributed by atoms with Gasteiger partial charge in [-0.2, -0.15) is 0 Å². The van der Waals surface area contributed by atoms with E-state index in [0.717, 1.165) is 19.3 Å². The zero-order chi connectivity index (χ0) is 12.9. The van der Waals surface area contributed by atoms with Gasteiger partial charge in [-0.25, -0.2) is 0 Å². The first-order valence-electron chi connectivity index (χ1n) is 5.95. The van der Waals surface area contributed by atoms with E-state index in [1.807, 2.05) is 0 Å². The molecule has 0 radical (unpaired) electrons. The highest BCUT2D eigenvalue weighted by Gasteiger charge is 2.60. The Kier molecular flexibility index (Phi) is 2.60. The van der Waals surface area contributed by atoms with Gasteiger partial charge in [0, 0.05) is 28.8 Å². The van der Waals surface area contributed by atoms with Gasteiger partial charge in [0.2, 0.25) is 5.56 Å². The molecule has 2 fully saturated rings. The molecule has 18 heavy (non-hydrogen) atoms. The number of aromatic nitrogens is 1. The molecule has 1 aromatic heterocycles. The molecule has 96 valence electrons. The second-order valence-corrected chi connectivity index (χ2v) is 6.16. The van der Waals surface area contributed by atoms with Gasteiger partial charge < -0.3 is 16.0 Å². The summed E-state index contributed by atoms with van der Waals surface area (Å²) >= 11 is 3.25. The third-order valence-electron chi connectivity index (χ3n) is 4.01. The molecule has 2 aliphatic rings. The summed E-state index contributed by atoms with van der Waals surface area (Å²) in [6.45, 7) is 0. The van der Waals surface area contributed by atoms with Gasteiger partial charge in [0.1, 0.15) is 0 Å². The fourth-order valence-corrected chi connectivity index (χ4v) is 3.17. The Morgan fingerprint density at radius 3 is 2.78 bits per heavy atom. The lowest BCUT2D eigenvalue weighted by molar-refractivity contribution is 0.0872. The van der Waals surface area contributed by atoms with E-state index >= 15 is 0 Å². The molecule has 6 heteroatoms. The molecule has 1 aromatic rings. The monoisotopic (exact) mass is 311 g/mol. The number of pyridine rings is 1. The Labute approximate surface area is 112 Å². The van der Waals surface area contributed by atoms with Crippen LogP contribution in [-0.4, -0.2) is 23.0 Å². The van der Waals surface area contributed by atoms with Crippen LogP contribution in [0.15, 0.2) is 21.5 Å². The molecule has 4 N–H and O–H groups in total. The van der Waals surface area contributed by atoms with Crippen LogP contribution in [0.1, 0.15) is 29.6 Å². The van der Waals surface area contributed by atoms with Crippen LogP contribution in [0.4, 0.5) is 0 Å². The third kappa shape index (κ3) is 1.89. The number of hydrogen-bond donors (Lipinski definition) is 3. The summed E-state index contributed by atoms with van der Waals surface area (Å²) in [7, 11) is 0. The molecule has 2 saturated carbocycles. The van der Waals surface area contributed by atoms with Crippen molar-refractivity contribution in [3.8, 4) is 0 Å². The van der Waals surface area contributed by atoms with Crippen molar-refractivity contribution in [1.82, 2.24) is 10.3 Å². The lowest BCUT2D eigenvalue weighted by Crippen LogP contribution is -2.47. The molecule has 0 aliphatic heterocycles. The molecule has 0 aromatic carbocycles. The van der Waals surface area contributed by atoms with E-state index in [9.17, 15) is 9.59 Å². The summed E-state index contributed by atoms with van der Waals surface area (Å²) in [5, 5.41) is 2.94. The quantitative estimate of drug-likeness (QED) is 0.753. The SMILES string of the molecule is NC1CC12CC(NC(=O)c1cc(=O)[nH]cc1Br)C2. The van der Waals surface area contributed by atoms with E-state index in [4.69, 9.17) is 5.73 Å². The van der Waals surface area contributed by atoms with Crippen LogP contribution in [-0.2, 0) is 0 Å². The average Bonchev–Trinajstić information content (AvgIpc) is 2.93. The molecule has 2 aliphatic carbocycles. The van der Waals surface area contributed by atoms with Crippen molar-refractivity contribution in [3.63, 3.8) is 0 Å². The van der Waals surface area contributed by atoms with Gasteiger partial charge in [0.25, 0.3) is 5.91 Å². The Balaban J connectivity index is 1.65. The summed E-state index contributed by atoms with van der Waals surface area (Å²) in [6.07, 6.45) is 4.48. The number of nitrogens with two attached hydrogens (primary N) is 1. The second kappa shape index (κ2) is 3.93. The van der Waals surface area contributed by atoms with Crippen molar-refractivity contribution >= 4 is 21.8 Å². The number of rotatable bonds is 2. The number of H-pyrrole nitrogens is 1. The fourth-order valence-electron chi connectivity index (χ4n) is 2.76. The number of halogens is 1. The minimum Gasteiger partial charge on any atom is -0.349 e. The van der Waals surface area contributed by atoms with E-state index in [-0.39, 0.29) is 17.5 Å². The third-order valence-corrected chi connectivity index (χ3v) is 4.67. The van der Waals surface area contributed by atoms with Gasteiger partial charge in [-0.1, -0.05) is 0 Å². The summed E-state index contributed by atoms with van der Waals surface area (Å²) < 4.78 is 0.594. The van der Waals surface area contributed by atoms with Crippen LogP contribution in [0.5, 0.6) is 0 Å². The van der Waals surface area contributed by atoms with Crippen molar-refractivity contribution in [2.75, 3.05) is 0 Å². The summed E-state index contributed by atoms with van der Waals surface area (Å²) in [6, 6.07) is 1.81. The van der Waals surface area contributed by atoms with Crippen LogP contribution in [0.2, 0.25) is 0 Å². The Morgan fingerprint density at radius 1 is 1.50 bits per heavy atom. The number of nitrogens with one attached hydrogen (secondary N) is 2. The molecule has 0 bridgehead atoms. The number of carbonyl (C=O) groups excluding carboxylic acids is 1. The van der Waals surface area contributed by atoms with Gasteiger partial charge in [-0.05, 0) is 40.6 Å². The zero-order valence-electron chi connectivity index (χ0n) is 9.70. The van der Waals surface area contributed by atoms with Crippen molar-refractivity contribution in [2.24, 2.45) is 11.1 Å². The molecule has 1 spiro atoms. The lowest BCUT2D eigenvalue weighted by Gasteiger charge is -2.37. The first-order valence-corrected chi connectivity index (χ1v) is 6.74. The average molecular weight is 312 g/mol. The first-order chi connectivity index (χ1) is 8.50. The smallest absolute Gasteiger partial charge is 0.252 e. The largest absolute Gasteiger partial charge is 0.349 e. The van der Waals surface area contributed by atoms with Gasteiger partial charge in [-0.3, -0.25) is 9.59 Å². The molecular weight excluding hydrogens is 298 g/mol. The van der Waals surface area contributed by atoms with E-state index in [1.54, 1.807) is 0 Å². The van der Waals surface area contributed by atoms with Crippen LogP contribution < -0.4 is 16.6 Å². The number of hydrogen-bond acceptors (Lipinski definition) is 3. The van der Waals surface area contributed by atoms with Gasteiger partial charge >= 0.3 is 0 Å². The first kappa shape index (κ1) is 11.9. The van der Waals surface area contributed by atoms with Crippen LogP contribution >= 0.6 is 15.9 Å². The van der Waals surface area contributed by atoms with E-state index in [2.05, 4.69) is 26.2 Å². The highest BCUT2D eigenvalue weighted by atomic mass is 79.9. The normalized spacial score (nSPS) is 33.0. The summed E-state index contributed by atoms with van der Waals surface area (Å²) in [5.74, 6) is -0.206. The molecule has 1 amide bonds. The van der Waals surface area contributed by atoms with Crippen LogP contribution in [0.25, 0.3) is 0 Å². The van der Waals surface area contributed by atoms with E-state index < -0.39 is 0 Å². The Hall–Kier alpha value is -1.14. The number of carbonyl (C=O) groups is 1. The zero-order valence-corrected chi connectivity index (χ0v) is 11.3. The number of aromatic amines is 1. The fraction of sp³-hybridized carbons (Fsp3) is 0.500. The second-order valence-electron chi connectivity index (χ2n) is 5.31. The molecule has 5 nitrogen and oxygen atoms in total. The van der Waals surface area contributed by atoms with E-state index in [1.165, 1.54) is 12.3 Å². The summed E-state index contributed by atoms with van der Waals surface area (Å²) in [5.41, 5.74) is 6.25. The van der Waals surface area contributed by atoms with Crippen LogP contribution in [0, 0.1) is 5.41 Å². The topological polar surface area (TPSA) is 88.0 Å². The maximum atomic E-state index is 12.0.